The van der Waals surface area contributed by atoms with Gasteiger partial charge in [0, 0.05) is 26.9 Å². The molecule has 6 nitrogen and oxygen atoms in total. The van der Waals surface area contributed by atoms with Gasteiger partial charge < -0.3 is 16.0 Å². The molecule has 0 radical (unpaired) electrons. The molecule has 0 saturated carbocycles. The van der Waals surface area contributed by atoms with Gasteiger partial charge in [0.1, 0.15) is 10.9 Å². The van der Waals surface area contributed by atoms with Gasteiger partial charge in [-0.15, -0.1) is 11.8 Å². The molecule has 0 aliphatic rings. The molecule has 5 aromatic carbocycles. The van der Waals surface area contributed by atoms with Crippen molar-refractivity contribution in [2.45, 2.75) is 10.1 Å². The number of amides is 3. The van der Waals surface area contributed by atoms with Crippen LogP contribution in [0.1, 0.15) is 26.7 Å². The van der Waals surface area contributed by atoms with Crippen LogP contribution < -0.4 is 16.0 Å². The second-order valence-electron chi connectivity index (χ2n) is 9.65. The van der Waals surface area contributed by atoms with Crippen molar-refractivity contribution in [1.82, 2.24) is 5.32 Å². The van der Waals surface area contributed by atoms with Gasteiger partial charge in [-0.05, 0) is 65.7 Å². The molecule has 3 N–H and O–H groups in total. The van der Waals surface area contributed by atoms with Gasteiger partial charge >= 0.3 is 0 Å². The van der Waals surface area contributed by atoms with Crippen LogP contribution in [0, 0.1) is 0 Å². The van der Waals surface area contributed by atoms with Gasteiger partial charge in [-0.25, -0.2) is 0 Å². The third-order valence-electron chi connectivity index (χ3n) is 6.46. The fraction of sp³-hybridized carbons (Fsp3) is 0.0278. The molecule has 0 saturated heterocycles. The van der Waals surface area contributed by atoms with Crippen molar-refractivity contribution in [2.75, 3.05) is 10.6 Å². The zero-order valence-corrected chi connectivity index (χ0v) is 25.0. The van der Waals surface area contributed by atoms with Gasteiger partial charge in [0.05, 0.1) is 0 Å². The second-order valence-corrected chi connectivity index (χ2v) is 11.2. The minimum absolute atomic E-state index is 0.0226. The fourth-order valence-electron chi connectivity index (χ4n) is 4.30. The molecule has 5 rings (SSSR count). The van der Waals surface area contributed by atoms with Crippen LogP contribution in [-0.2, 0) is 9.59 Å². The maximum Gasteiger partial charge on any atom is 0.272 e. The first-order valence-corrected chi connectivity index (χ1v) is 15.0. The largest absolute Gasteiger partial charge is 0.325 e. The zero-order valence-electron chi connectivity index (χ0n) is 23.4. The van der Waals surface area contributed by atoms with Crippen molar-refractivity contribution in [3.8, 4) is 0 Å². The number of halogens is 1. The van der Waals surface area contributed by atoms with E-state index in [2.05, 4.69) is 16.0 Å². The van der Waals surface area contributed by atoms with Crippen molar-refractivity contribution in [3.05, 3.63) is 167 Å². The van der Waals surface area contributed by atoms with Crippen LogP contribution in [0.5, 0.6) is 0 Å². The Kier molecular flexibility index (Phi) is 10.3. The van der Waals surface area contributed by atoms with Gasteiger partial charge in [0.15, 0.2) is 0 Å². The Hall–Kier alpha value is -5.11. The zero-order chi connectivity index (χ0) is 30.7. The van der Waals surface area contributed by atoms with E-state index >= 15 is 0 Å². The van der Waals surface area contributed by atoms with Crippen LogP contribution >= 0.6 is 23.4 Å². The Labute approximate surface area is 265 Å². The van der Waals surface area contributed by atoms with Crippen molar-refractivity contribution in [3.63, 3.8) is 0 Å². The minimum atomic E-state index is -0.553. The fourth-order valence-corrected chi connectivity index (χ4v) is 5.58. The molecule has 1 unspecified atom stereocenters. The van der Waals surface area contributed by atoms with Crippen LogP contribution in [0.25, 0.3) is 6.08 Å². The number of para-hydroxylation sites is 1. The van der Waals surface area contributed by atoms with Gasteiger partial charge in [-0.2, -0.15) is 0 Å². The molecule has 0 aliphatic carbocycles. The predicted octanol–water partition coefficient (Wildman–Crippen LogP) is 8.22. The summed E-state index contributed by atoms with van der Waals surface area (Å²) < 4.78 is 0. The Morgan fingerprint density at radius 3 is 1.98 bits per heavy atom. The molecule has 8 heteroatoms. The van der Waals surface area contributed by atoms with Crippen LogP contribution in [-0.4, -0.2) is 17.7 Å². The summed E-state index contributed by atoms with van der Waals surface area (Å²) in [6.07, 6.45) is 1.54. The lowest BCUT2D eigenvalue weighted by atomic mass is 10.1. The molecule has 0 spiro atoms. The molecule has 218 valence electrons. The number of carbonyl (C=O) groups excluding carboxylic acids is 3. The van der Waals surface area contributed by atoms with E-state index in [9.17, 15) is 14.4 Å². The maximum atomic E-state index is 13.6. The minimum Gasteiger partial charge on any atom is -0.325 e. The second kappa shape index (κ2) is 14.9. The molecule has 0 aromatic heterocycles. The van der Waals surface area contributed by atoms with E-state index in [1.165, 1.54) is 17.8 Å². The van der Waals surface area contributed by atoms with Gasteiger partial charge in [0.2, 0.25) is 5.91 Å². The van der Waals surface area contributed by atoms with E-state index in [4.69, 9.17) is 11.6 Å². The van der Waals surface area contributed by atoms with E-state index in [1.54, 1.807) is 66.7 Å². The summed E-state index contributed by atoms with van der Waals surface area (Å²) in [5, 5.41) is 8.49. The van der Waals surface area contributed by atoms with E-state index in [1.807, 2.05) is 72.8 Å². The molecule has 1 atom stereocenters. The number of hydrogen-bond acceptors (Lipinski definition) is 4. The predicted molar refractivity (Wildman–Crippen MR) is 179 cm³/mol. The molecule has 0 bridgehead atoms. The summed E-state index contributed by atoms with van der Waals surface area (Å²) in [6, 6.07) is 41.7. The summed E-state index contributed by atoms with van der Waals surface area (Å²) in [5.74, 6) is -1.13. The quantitative estimate of drug-likeness (QED) is 0.109. The maximum absolute atomic E-state index is 13.6. The average molecular weight is 618 g/mol. The molecule has 0 aliphatic heterocycles. The average Bonchev–Trinajstić information content (AvgIpc) is 3.05. The number of carbonyl (C=O) groups is 3. The van der Waals surface area contributed by atoms with Crippen molar-refractivity contribution in [2.24, 2.45) is 0 Å². The number of thioether (sulfide) groups is 1. The SMILES string of the molecule is O=C(Nc1cccc(SC(C(=O)Nc2ccccc2)c2ccccc2)c1)/C(=C\c1ccccc1Cl)NC(=O)c1ccccc1. The number of hydrogen-bond donors (Lipinski definition) is 3. The van der Waals surface area contributed by atoms with Crippen molar-refractivity contribution >= 4 is 58.5 Å². The highest BCUT2D eigenvalue weighted by Crippen LogP contribution is 2.37. The molecule has 3 amide bonds. The smallest absolute Gasteiger partial charge is 0.272 e. The lowest BCUT2D eigenvalue weighted by molar-refractivity contribution is -0.116. The topological polar surface area (TPSA) is 87.3 Å². The van der Waals surface area contributed by atoms with E-state index in [-0.39, 0.29) is 11.6 Å². The highest BCUT2D eigenvalue weighted by atomic mass is 35.5. The summed E-state index contributed by atoms with van der Waals surface area (Å²) in [6.45, 7) is 0. The monoisotopic (exact) mass is 617 g/mol. The van der Waals surface area contributed by atoms with Crippen molar-refractivity contribution in [1.29, 1.82) is 0 Å². The van der Waals surface area contributed by atoms with Crippen molar-refractivity contribution < 1.29 is 14.4 Å². The Balaban J connectivity index is 1.38. The van der Waals surface area contributed by atoms with Gasteiger partial charge in [0.25, 0.3) is 11.8 Å². The summed E-state index contributed by atoms with van der Waals surface area (Å²) in [7, 11) is 0. The highest BCUT2D eigenvalue weighted by Gasteiger charge is 2.23. The van der Waals surface area contributed by atoms with E-state index in [0.29, 0.717) is 27.5 Å². The first-order valence-electron chi connectivity index (χ1n) is 13.8. The standard InChI is InChI=1S/C36H28ClN3O3S/c37-31-22-11-10-17-27(31)23-32(40-34(41)26-15-6-2-7-16-26)35(42)39-29-20-12-21-30(24-29)44-33(25-13-4-1-5-14-25)36(43)38-28-18-8-3-9-19-28/h1-24,33H,(H,38,43)(H,39,42)(H,40,41)/b32-23+. The Morgan fingerprint density at radius 2 is 1.27 bits per heavy atom. The normalized spacial score (nSPS) is 11.7. The molecule has 0 heterocycles. The number of anilines is 2. The summed E-state index contributed by atoms with van der Waals surface area (Å²) >= 11 is 7.72. The number of rotatable bonds is 10. The first kappa shape index (κ1) is 30.4. The first-order chi connectivity index (χ1) is 21.5. The molecule has 5 aromatic rings. The molecule has 0 fully saturated rings. The Morgan fingerprint density at radius 1 is 0.659 bits per heavy atom. The van der Waals surface area contributed by atoms with Crippen LogP contribution in [0.3, 0.4) is 0 Å². The molecule has 44 heavy (non-hydrogen) atoms. The van der Waals surface area contributed by atoms with Gasteiger partial charge in [-0.1, -0.05) is 103 Å². The van der Waals surface area contributed by atoms with Gasteiger partial charge in [-0.3, -0.25) is 14.4 Å². The number of nitrogens with one attached hydrogen (secondary N) is 3. The number of benzene rings is 5. The van der Waals surface area contributed by atoms with Crippen LogP contribution in [0.4, 0.5) is 11.4 Å². The summed E-state index contributed by atoms with van der Waals surface area (Å²) in [4.78, 5) is 40.7. The third-order valence-corrected chi connectivity index (χ3v) is 8.05. The highest BCUT2D eigenvalue weighted by molar-refractivity contribution is 8.00. The van der Waals surface area contributed by atoms with E-state index in [0.717, 1.165) is 10.5 Å². The van der Waals surface area contributed by atoms with Crippen LogP contribution in [0.2, 0.25) is 5.02 Å². The summed E-state index contributed by atoms with van der Waals surface area (Å²) in [5.41, 5.74) is 3.05. The lowest BCUT2D eigenvalue weighted by Gasteiger charge is -2.18. The molecular weight excluding hydrogens is 590 g/mol. The van der Waals surface area contributed by atoms with E-state index < -0.39 is 17.1 Å². The third kappa shape index (κ3) is 8.25. The lowest BCUT2D eigenvalue weighted by Crippen LogP contribution is -2.30. The van der Waals surface area contributed by atoms with Crippen LogP contribution in [0.15, 0.2) is 150 Å². The Bertz CT molecular complexity index is 1780. The molecular formula is C36H28ClN3O3S.